The molecular weight excluding hydrogens is 620 g/mol. The molecule has 1 aromatic carbocycles. The summed E-state index contributed by atoms with van der Waals surface area (Å²) in [5.74, 6) is 0.221. The first-order valence-corrected chi connectivity index (χ1v) is 17.3. The molecule has 2 bridgehead atoms. The van der Waals surface area contributed by atoms with Crippen molar-refractivity contribution in [3.63, 3.8) is 0 Å². The highest BCUT2D eigenvalue weighted by atomic mass is 16.5. The molecule has 0 unspecified atom stereocenters. The predicted octanol–water partition coefficient (Wildman–Crippen LogP) is 5.78. The Balaban J connectivity index is 1.27. The number of hydrogen-bond donors (Lipinski definition) is 0. The summed E-state index contributed by atoms with van der Waals surface area (Å²) in [6.07, 6.45) is 9.56. The van der Waals surface area contributed by atoms with Gasteiger partial charge in [0.2, 0.25) is 5.91 Å². The maximum Gasteiger partial charge on any atom is 0.321 e. The minimum Gasteiger partial charge on any atom is -0.424 e. The summed E-state index contributed by atoms with van der Waals surface area (Å²) >= 11 is 0. The maximum absolute atomic E-state index is 14.4. The number of ketones is 3. The summed E-state index contributed by atoms with van der Waals surface area (Å²) in [6.45, 7) is 7.09. The van der Waals surface area contributed by atoms with Crippen LogP contribution in [0.4, 0.5) is 0 Å². The van der Waals surface area contributed by atoms with E-state index in [-0.39, 0.29) is 59.4 Å². The first-order chi connectivity index (χ1) is 23.5. The van der Waals surface area contributed by atoms with Gasteiger partial charge in [-0.05, 0) is 99.6 Å². The monoisotopic (exact) mass is 662 g/mol. The van der Waals surface area contributed by atoms with E-state index in [2.05, 4.69) is 15.0 Å². The van der Waals surface area contributed by atoms with E-state index in [9.17, 15) is 19.2 Å². The molecule has 11 nitrogen and oxygen atoms in total. The van der Waals surface area contributed by atoms with Crippen LogP contribution in [0, 0.1) is 26.2 Å². The molecule has 1 saturated heterocycles. The fraction of sp³-hybridized carbons (Fsp3) is 0.474. The van der Waals surface area contributed by atoms with Crippen molar-refractivity contribution in [3.05, 3.63) is 70.4 Å². The van der Waals surface area contributed by atoms with Crippen LogP contribution in [0.3, 0.4) is 0 Å². The van der Waals surface area contributed by atoms with E-state index in [1.54, 1.807) is 28.0 Å². The van der Waals surface area contributed by atoms with Crippen molar-refractivity contribution in [2.24, 2.45) is 5.41 Å². The molecule has 11 heteroatoms. The van der Waals surface area contributed by atoms with Gasteiger partial charge in [0.05, 0.1) is 23.7 Å². The number of carbonyl (C=O) groups is 4. The van der Waals surface area contributed by atoms with Crippen molar-refractivity contribution in [2.75, 3.05) is 0 Å². The Kier molecular flexibility index (Phi) is 8.62. The largest absolute Gasteiger partial charge is 0.424 e. The number of hydrogen-bond acceptors (Lipinski definition) is 9. The Morgan fingerprint density at radius 2 is 1.76 bits per heavy atom. The van der Waals surface area contributed by atoms with Gasteiger partial charge in [0.1, 0.15) is 23.8 Å². The van der Waals surface area contributed by atoms with Gasteiger partial charge in [0, 0.05) is 49.3 Å². The molecule has 3 atom stereocenters. The van der Waals surface area contributed by atoms with E-state index in [4.69, 9.17) is 9.84 Å². The molecule has 7 rings (SSSR count). The van der Waals surface area contributed by atoms with Gasteiger partial charge in [-0.1, -0.05) is 12.5 Å². The standard InChI is InChI=1S/C38H42N6O5/c1-22-19-39-37(40-20-22)49-28-14-26-8-6-5-7-9-27(46)12-13-38-17-31(32(47)16-30-23(2)10-11-24(3)41-30)44(33(38)18-38)34(48)21-43-36(26)29(15-28)35(42-43)25(4)45/h10-11,14-15,19-20,31,33H,5-9,12-13,16-18,21H2,1-4H3/t31-,33+,38-/m0/s1. The van der Waals surface area contributed by atoms with Crippen LogP contribution in [0.25, 0.3) is 10.9 Å². The number of nitrogens with zero attached hydrogens (tertiary/aromatic N) is 6. The number of aryl methyl sites for hydroxylation is 4. The van der Waals surface area contributed by atoms with E-state index in [0.29, 0.717) is 48.8 Å². The number of pyridine rings is 1. The lowest BCUT2D eigenvalue weighted by Gasteiger charge is -2.27. The van der Waals surface area contributed by atoms with Crippen LogP contribution in [-0.2, 0) is 33.8 Å². The van der Waals surface area contributed by atoms with Crippen molar-refractivity contribution in [1.29, 1.82) is 0 Å². The van der Waals surface area contributed by atoms with Crippen molar-refractivity contribution < 1.29 is 23.9 Å². The van der Waals surface area contributed by atoms with Crippen LogP contribution in [0.1, 0.15) is 96.9 Å². The third-order valence-electron chi connectivity index (χ3n) is 10.5. The van der Waals surface area contributed by atoms with Gasteiger partial charge in [-0.3, -0.25) is 28.8 Å². The first kappa shape index (κ1) is 32.7. The number of ether oxygens (including phenoxy) is 1. The van der Waals surface area contributed by atoms with Gasteiger partial charge >= 0.3 is 6.01 Å². The lowest BCUT2D eigenvalue weighted by molar-refractivity contribution is -0.139. The third kappa shape index (κ3) is 6.50. The normalized spacial score (nSPS) is 22.7. The molecule has 0 spiro atoms. The minimum absolute atomic E-state index is 0.0408. The smallest absolute Gasteiger partial charge is 0.321 e. The molecule has 3 aliphatic rings. The number of Topliss-reactive ketones (excluding diaryl/α,β-unsaturated/α-hetero) is 3. The van der Waals surface area contributed by atoms with Gasteiger partial charge in [-0.15, -0.1) is 0 Å². The molecule has 254 valence electrons. The van der Waals surface area contributed by atoms with Crippen LogP contribution in [0.15, 0.2) is 36.7 Å². The Labute approximate surface area is 285 Å². The molecule has 5 heterocycles. The van der Waals surface area contributed by atoms with Crippen LogP contribution >= 0.6 is 0 Å². The summed E-state index contributed by atoms with van der Waals surface area (Å²) in [7, 11) is 0. The molecular formula is C38H42N6O5. The number of aromatic nitrogens is 5. The molecule has 1 aliphatic carbocycles. The SMILES string of the molecule is CC(=O)c1nn2c3c(cc(Oc4ncc(C)cn4)cc13)CCCCCC(=O)CC[C@@]13C[C@@H](C(=O)Cc4nc(C)ccc4C)N(C(=O)C2)[C@@H]1C3. The lowest BCUT2D eigenvalue weighted by atomic mass is 9.90. The van der Waals surface area contributed by atoms with E-state index in [1.807, 2.05) is 39.0 Å². The highest BCUT2D eigenvalue weighted by Gasteiger charge is 2.66. The summed E-state index contributed by atoms with van der Waals surface area (Å²) < 4.78 is 7.70. The van der Waals surface area contributed by atoms with Crippen molar-refractivity contribution in [1.82, 2.24) is 29.6 Å². The number of carbonyl (C=O) groups excluding carboxylic acids is 4. The van der Waals surface area contributed by atoms with E-state index in [1.165, 1.54) is 6.92 Å². The summed E-state index contributed by atoms with van der Waals surface area (Å²) in [4.78, 5) is 69.4. The quantitative estimate of drug-likeness (QED) is 0.235. The van der Waals surface area contributed by atoms with Crippen molar-refractivity contribution in [2.45, 2.75) is 111 Å². The van der Waals surface area contributed by atoms with Gasteiger partial charge in [-0.2, -0.15) is 5.10 Å². The Morgan fingerprint density at radius 1 is 0.980 bits per heavy atom. The molecule has 2 aliphatic heterocycles. The zero-order valence-electron chi connectivity index (χ0n) is 28.6. The Hall–Kier alpha value is -4.80. The molecule has 0 N–H and O–H groups in total. The number of benzene rings is 1. The molecule has 49 heavy (non-hydrogen) atoms. The number of piperidine rings is 1. The predicted molar refractivity (Wildman–Crippen MR) is 182 cm³/mol. The Bertz CT molecular complexity index is 1980. The minimum atomic E-state index is -0.609. The number of rotatable bonds is 6. The molecule has 1 amide bonds. The summed E-state index contributed by atoms with van der Waals surface area (Å²) in [5.41, 5.74) is 5.00. The average molecular weight is 663 g/mol. The van der Waals surface area contributed by atoms with E-state index >= 15 is 0 Å². The van der Waals surface area contributed by atoms with Crippen LogP contribution in [0.5, 0.6) is 11.8 Å². The second kappa shape index (κ2) is 12.9. The third-order valence-corrected chi connectivity index (χ3v) is 10.5. The van der Waals surface area contributed by atoms with E-state index in [0.717, 1.165) is 53.8 Å². The van der Waals surface area contributed by atoms with Gasteiger partial charge in [0.25, 0.3) is 0 Å². The molecule has 0 radical (unpaired) electrons. The van der Waals surface area contributed by atoms with E-state index < -0.39 is 6.04 Å². The van der Waals surface area contributed by atoms with Crippen LogP contribution < -0.4 is 4.74 Å². The molecule has 2 fully saturated rings. The Morgan fingerprint density at radius 3 is 2.53 bits per heavy atom. The highest BCUT2D eigenvalue weighted by Crippen LogP contribution is 2.62. The molecule has 4 aromatic rings. The summed E-state index contributed by atoms with van der Waals surface area (Å²) in [5, 5.41) is 5.30. The summed E-state index contributed by atoms with van der Waals surface area (Å²) in [6, 6.07) is 7.02. The van der Waals surface area contributed by atoms with Crippen molar-refractivity contribution >= 4 is 34.2 Å². The average Bonchev–Trinajstić information content (AvgIpc) is 3.47. The fourth-order valence-electron chi connectivity index (χ4n) is 7.84. The molecule has 1 saturated carbocycles. The van der Waals surface area contributed by atoms with Gasteiger partial charge in [0.15, 0.2) is 11.6 Å². The lowest BCUT2D eigenvalue weighted by Crippen LogP contribution is -2.45. The van der Waals surface area contributed by atoms with Gasteiger partial charge < -0.3 is 9.64 Å². The van der Waals surface area contributed by atoms with Gasteiger partial charge in [-0.25, -0.2) is 9.97 Å². The number of amides is 1. The van der Waals surface area contributed by atoms with Crippen LogP contribution in [0.2, 0.25) is 0 Å². The van der Waals surface area contributed by atoms with Crippen LogP contribution in [-0.4, -0.2) is 65.0 Å². The second-order valence-corrected chi connectivity index (χ2v) is 14.2. The highest BCUT2D eigenvalue weighted by molar-refractivity contribution is 6.06. The fourth-order valence-corrected chi connectivity index (χ4v) is 7.84. The zero-order chi connectivity index (χ0) is 34.4. The molecule has 3 aromatic heterocycles. The topological polar surface area (TPSA) is 137 Å². The second-order valence-electron chi connectivity index (χ2n) is 14.2. The zero-order valence-corrected chi connectivity index (χ0v) is 28.6. The maximum atomic E-state index is 14.4. The van der Waals surface area contributed by atoms with Crippen molar-refractivity contribution in [3.8, 4) is 11.8 Å². The first-order valence-electron chi connectivity index (χ1n) is 17.3.